The molecular formula is C22H27F3N4O2. The maximum atomic E-state index is 13.9. The molecule has 3 heterocycles. The van der Waals surface area contributed by atoms with Gasteiger partial charge in [0.1, 0.15) is 17.6 Å². The highest BCUT2D eigenvalue weighted by molar-refractivity contribution is 5.85. The van der Waals surface area contributed by atoms with Crippen molar-refractivity contribution >= 4 is 5.96 Å². The van der Waals surface area contributed by atoms with Crippen molar-refractivity contribution in [2.45, 2.75) is 25.1 Å². The van der Waals surface area contributed by atoms with Gasteiger partial charge in [-0.15, -0.1) is 0 Å². The van der Waals surface area contributed by atoms with Crippen molar-refractivity contribution in [3.63, 3.8) is 0 Å². The van der Waals surface area contributed by atoms with Crippen LogP contribution in [-0.4, -0.2) is 79.4 Å². The van der Waals surface area contributed by atoms with Gasteiger partial charge < -0.3 is 24.2 Å². The smallest absolute Gasteiger partial charge is 0.408 e. The number of allylic oxidation sites excluding steroid dienone is 1. The molecule has 0 bridgehead atoms. The Morgan fingerprint density at radius 3 is 2.52 bits per heavy atom. The molecule has 1 atom stereocenters. The number of ether oxygens (including phenoxy) is 2. The van der Waals surface area contributed by atoms with E-state index in [4.69, 9.17) is 9.47 Å². The molecular weight excluding hydrogens is 409 g/mol. The Hall–Kier alpha value is -2.68. The third-order valence-corrected chi connectivity index (χ3v) is 5.87. The third-order valence-electron chi connectivity index (χ3n) is 5.87. The van der Waals surface area contributed by atoms with Crippen molar-refractivity contribution < 1.29 is 22.6 Å². The standard InChI is InChI=1S/C22H27F3N4O2/c1-16-15-20(27-11-13-31-14-12-27)26-21-28(16)10-8-19(22(23,24)25)29(21)9-7-17-3-5-18(30-2)6-4-17/h3-6,15,19H,1,7-14H2,2H3. The summed E-state index contributed by atoms with van der Waals surface area (Å²) in [6, 6.07) is 5.82. The van der Waals surface area contributed by atoms with Crippen LogP contribution in [0.2, 0.25) is 0 Å². The minimum absolute atomic E-state index is 0.0229. The molecule has 4 rings (SSSR count). The van der Waals surface area contributed by atoms with E-state index in [2.05, 4.69) is 11.6 Å². The van der Waals surface area contributed by atoms with Crippen LogP contribution >= 0.6 is 0 Å². The first-order valence-electron chi connectivity index (χ1n) is 10.4. The maximum absolute atomic E-state index is 13.9. The maximum Gasteiger partial charge on any atom is 0.408 e. The second-order valence-corrected chi connectivity index (χ2v) is 7.79. The topological polar surface area (TPSA) is 40.5 Å². The van der Waals surface area contributed by atoms with Crippen molar-refractivity contribution in [2.24, 2.45) is 4.99 Å². The largest absolute Gasteiger partial charge is 0.497 e. The van der Waals surface area contributed by atoms with Gasteiger partial charge in [-0.2, -0.15) is 18.2 Å². The van der Waals surface area contributed by atoms with E-state index in [0.29, 0.717) is 56.0 Å². The van der Waals surface area contributed by atoms with Crippen LogP contribution in [0.25, 0.3) is 0 Å². The van der Waals surface area contributed by atoms with Crippen LogP contribution in [0.15, 0.2) is 53.4 Å². The number of benzene rings is 1. The van der Waals surface area contributed by atoms with Gasteiger partial charge in [0, 0.05) is 38.0 Å². The van der Waals surface area contributed by atoms with Gasteiger partial charge in [-0.25, -0.2) is 0 Å². The number of morpholine rings is 1. The van der Waals surface area contributed by atoms with Gasteiger partial charge in [-0.3, -0.25) is 0 Å². The number of nitrogens with zero attached hydrogens (tertiary/aromatic N) is 4. The van der Waals surface area contributed by atoms with Crippen LogP contribution < -0.4 is 4.74 Å². The summed E-state index contributed by atoms with van der Waals surface area (Å²) in [5.74, 6) is 1.70. The Balaban J connectivity index is 1.60. The molecule has 3 aliphatic heterocycles. The van der Waals surface area contributed by atoms with Gasteiger partial charge in [0.15, 0.2) is 0 Å². The highest BCUT2D eigenvalue weighted by Crippen LogP contribution is 2.35. The number of fused-ring (bicyclic) bond motifs is 1. The van der Waals surface area contributed by atoms with Crippen molar-refractivity contribution in [1.29, 1.82) is 0 Å². The van der Waals surface area contributed by atoms with Crippen LogP contribution in [0.4, 0.5) is 13.2 Å². The van der Waals surface area contributed by atoms with E-state index in [9.17, 15) is 13.2 Å². The zero-order valence-electron chi connectivity index (χ0n) is 17.6. The Labute approximate surface area is 180 Å². The quantitative estimate of drug-likeness (QED) is 0.709. The molecule has 9 heteroatoms. The normalized spacial score (nSPS) is 22.1. The highest BCUT2D eigenvalue weighted by atomic mass is 19.4. The molecule has 1 aromatic rings. The Bertz CT molecular complexity index is 861. The number of hydrogen-bond acceptors (Lipinski definition) is 6. The molecule has 31 heavy (non-hydrogen) atoms. The fourth-order valence-corrected chi connectivity index (χ4v) is 4.15. The molecule has 1 aromatic carbocycles. The summed E-state index contributed by atoms with van der Waals surface area (Å²) in [7, 11) is 1.58. The monoisotopic (exact) mass is 436 g/mol. The van der Waals surface area contributed by atoms with Crippen molar-refractivity contribution in [3.8, 4) is 5.75 Å². The molecule has 2 saturated heterocycles. The minimum atomic E-state index is -4.34. The minimum Gasteiger partial charge on any atom is -0.497 e. The van der Waals surface area contributed by atoms with Gasteiger partial charge in [0.2, 0.25) is 5.96 Å². The lowest BCUT2D eigenvalue weighted by atomic mass is 10.1. The number of methoxy groups -OCH3 is 1. The van der Waals surface area contributed by atoms with E-state index in [1.165, 1.54) is 4.90 Å². The van der Waals surface area contributed by atoms with E-state index in [1.54, 1.807) is 12.0 Å². The number of aliphatic imine (C=N–C) groups is 1. The molecule has 0 saturated carbocycles. The summed E-state index contributed by atoms with van der Waals surface area (Å²) in [6.45, 7) is 7.00. The average Bonchev–Trinajstić information content (AvgIpc) is 2.77. The lowest BCUT2D eigenvalue weighted by Crippen LogP contribution is -2.60. The third kappa shape index (κ3) is 4.66. The van der Waals surface area contributed by atoms with Gasteiger partial charge in [0.05, 0.1) is 20.3 Å². The molecule has 1 unspecified atom stereocenters. The first-order valence-corrected chi connectivity index (χ1v) is 10.4. The summed E-state index contributed by atoms with van der Waals surface area (Å²) in [6.07, 6.45) is -2.04. The summed E-state index contributed by atoms with van der Waals surface area (Å²) in [5, 5.41) is 0. The summed E-state index contributed by atoms with van der Waals surface area (Å²) in [4.78, 5) is 9.91. The summed E-state index contributed by atoms with van der Waals surface area (Å²) < 4.78 is 52.3. The molecule has 3 aliphatic rings. The van der Waals surface area contributed by atoms with Crippen LogP contribution in [0.1, 0.15) is 12.0 Å². The average molecular weight is 436 g/mol. The molecule has 0 spiro atoms. The van der Waals surface area contributed by atoms with E-state index in [1.807, 2.05) is 35.2 Å². The van der Waals surface area contributed by atoms with E-state index in [0.717, 1.165) is 5.56 Å². The lowest BCUT2D eigenvalue weighted by molar-refractivity contribution is -0.180. The van der Waals surface area contributed by atoms with E-state index in [-0.39, 0.29) is 19.5 Å². The molecule has 0 aliphatic carbocycles. The SMILES string of the molecule is C=C1C=C(N2CCOCC2)N=C2N1CCC(C(F)(F)F)N2CCc1ccc(OC)cc1. The number of halogens is 3. The molecule has 2 fully saturated rings. The summed E-state index contributed by atoms with van der Waals surface area (Å²) in [5.41, 5.74) is 1.61. The van der Waals surface area contributed by atoms with Crippen LogP contribution in [0.5, 0.6) is 5.75 Å². The zero-order valence-corrected chi connectivity index (χ0v) is 17.6. The van der Waals surface area contributed by atoms with Crippen LogP contribution in [0, 0.1) is 0 Å². The number of hydrogen-bond donors (Lipinski definition) is 0. The molecule has 6 nitrogen and oxygen atoms in total. The van der Waals surface area contributed by atoms with Gasteiger partial charge >= 0.3 is 6.18 Å². The fourth-order valence-electron chi connectivity index (χ4n) is 4.15. The number of rotatable bonds is 5. The lowest BCUT2D eigenvalue weighted by Gasteiger charge is -2.47. The van der Waals surface area contributed by atoms with Crippen molar-refractivity contribution in [3.05, 3.63) is 54.0 Å². The zero-order chi connectivity index (χ0) is 22.0. The summed E-state index contributed by atoms with van der Waals surface area (Å²) >= 11 is 0. The predicted molar refractivity (Wildman–Crippen MR) is 112 cm³/mol. The fraction of sp³-hybridized carbons (Fsp3) is 0.500. The first kappa shape index (κ1) is 21.5. The predicted octanol–water partition coefficient (Wildman–Crippen LogP) is 3.23. The van der Waals surface area contributed by atoms with E-state index < -0.39 is 12.2 Å². The van der Waals surface area contributed by atoms with Crippen LogP contribution in [0.3, 0.4) is 0 Å². The second-order valence-electron chi connectivity index (χ2n) is 7.79. The van der Waals surface area contributed by atoms with Crippen LogP contribution in [-0.2, 0) is 11.2 Å². The van der Waals surface area contributed by atoms with Gasteiger partial charge in [0.25, 0.3) is 0 Å². The molecule has 0 amide bonds. The Morgan fingerprint density at radius 1 is 1.16 bits per heavy atom. The second kappa shape index (κ2) is 8.82. The van der Waals surface area contributed by atoms with Gasteiger partial charge in [-0.05, 0) is 30.5 Å². The highest BCUT2D eigenvalue weighted by Gasteiger charge is 2.48. The first-order chi connectivity index (χ1) is 14.9. The Kier molecular flexibility index (Phi) is 6.13. The van der Waals surface area contributed by atoms with Crippen molar-refractivity contribution in [1.82, 2.24) is 14.7 Å². The molecule has 0 N–H and O–H groups in total. The number of alkyl halides is 3. The molecule has 0 radical (unpaired) electrons. The van der Waals surface area contributed by atoms with E-state index >= 15 is 0 Å². The number of guanidine groups is 1. The van der Waals surface area contributed by atoms with Gasteiger partial charge in [-0.1, -0.05) is 18.7 Å². The molecule has 0 aromatic heterocycles. The van der Waals surface area contributed by atoms with Crippen molar-refractivity contribution in [2.75, 3.05) is 46.5 Å². The Morgan fingerprint density at radius 2 is 1.87 bits per heavy atom. The molecule has 168 valence electrons.